The molecule has 0 unspecified atom stereocenters. The van der Waals surface area contributed by atoms with Gasteiger partial charge in [-0.3, -0.25) is 4.55 Å². The lowest BCUT2D eigenvalue weighted by atomic mass is 9.91. The second-order valence-electron chi connectivity index (χ2n) is 5.39. The van der Waals surface area contributed by atoms with Crippen molar-refractivity contribution in [2.75, 3.05) is 0 Å². The number of hydrogen-bond donors (Lipinski definition) is 1. The Morgan fingerprint density at radius 3 is 2.57 bits per heavy atom. The molecule has 1 aliphatic rings. The molecule has 3 rings (SSSR count). The van der Waals surface area contributed by atoms with Crippen molar-refractivity contribution in [2.24, 2.45) is 0 Å². The fourth-order valence-corrected chi connectivity index (χ4v) is 3.61. The van der Waals surface area contributed by atoms with Crippen molar-refractivity contribution in [1.82, 2.24) is 0 Å². The Labute approximate surface area is 132 Å². The molecular formula is C16H14O6S. The fraction of sp³-hybridized carbons (Fsp3) is 0.250. The molecule has 0 saturated carbocycles. The van der Waals surface area contributed by atoms with Crippen molar-refractivity contribution in [3.8, 4) is 0 Å². The molecule has 1 heterocycles. The number of benzene rings is 2. The molecule has 2 aromatic rings. The first kappa shape index (κ1) is 15.6. The van der Waals surface area contributed by atoms with Crippen molar-refractivity contribution in [3.05, 3.63) is 41.0 Å². The summed E-state index contributed by atoms with van der Waals surface area (Å²) in [4.78, 5) is 23.8. The van der Waals surface area contributed by atoms with Gasteiger partial charge in [0.05, 0.1) is 11.1 Å². The van der Waals surface area contributed by atoms with Gasteiger partial charge in [0.1, 0.15) is 4.90 Å². The highest BCUT2D eigenvalue weighted by Crippen LogP contribution is 2.36. The van der Waals surface area contributed by atoms with Crippen molar-refractivity contribution in [1.29, 1.82) is 0 Å². The molecule has 0 aliphatic carbocycles. The van der Waals surface area contributed by atoms with Gasteiger partial charge in [-0.05, 0) is 30.5 Å². The zero-order valence-electron chi connectivity index (χ0n) is 12.3. The van der Waals surface area contributed by atoms with E-state index in [2.05, 4.69) is 0 Å². The van der Waals surface area contributed by atoms with Crippen molar-refractivity contribution in [3.63, 3.8) is 0 Å². The third-order valence-corrected chi connectivity index (χ3v) is 4.79. The smallest absolute Gasteiger partial charge is 0.346 e. The molecule has 120 valence electrons. The molecule has 0 spiro atoms. The molecule has 0 radical (unpaired) electrons. The molecule has 7 heteroatoms. The molecule has 2 aromatic carbocycles. The van der Waals surface area contributed by atoms with Gasteiger partial charge in [-0.1, -0.05) is 25.5 Å². The summed E-state index contributed by atoms with van der Waals surface area (Å²) >= 11 is 0. The Balaban J connectivity index is 2.48. The van der Waals surface area contributed by atoms with Crippen LogP contribution in [0.25, 0.3) is 10.8 Å². The standard InChI is InChI=1S/C16H14O6S/c1-2-3-5-9-8-12(23(19,20)21)10-6-4-7-11-14(10)13(9)16(18)22-15(11)17/h4,6-8H,2-3,5H2,1H3,(H,19,20,21). The quantitative estimate of drug-likeness (QED) is 0.524. The molecule has 6 nitrogen and oxygen atoms in total. The van der Waals surface area contributed by atoms with Gasteiger partial charge in [0, 0.05) is 10.8 Å². The topological polar surface area (TPSA) is 97.7 Å². The van der Waals surface area contributed by atoms with E-state index >= 15 is 0 Å². The summed E-state index contributed by atoms with van der Waals surface area (Å²) in [5.41, 5.74) is 0.785. The van der Waals surface area contributed by atoms with Gasteiger partial charge in [-0.2, -0.15) is 8.42 Å². The molecule has 1 aliphatic heterocycles. The molecule has 0 fully saturated rings. The van der Waals surface area contributed by atoms with Gasteiger partial charge in [0.25, 0.3) is 10.1 Å². The second kappa shape index (κ2) is 5.43. The van der Waals surface area contributed by atoms with Crippen LogP contribution in [0.15, 0.2) is 29.2 Å². The van der Waals surface area contributed by atoms with E-state index in [9.17, 15) is 22.6 Å². The SMILES string of the molecule is CCCCc1cc(S(=O)(=O)O)c2cccc3c2c1C(=O)OC3=O. The van der Waals surface area contributed by atoms with E-state index in [4.69, 9.17) is 4.74 Å². The Morgan fingerprint density at radius 2 is 1.91 bits per heavy atom. The predicted molar refractivity (Wildman–Crippen MR) is 82.1 cm³/mol. The van der Waals surface area contributed by atoms with E-state index in [-0.39, 0.29) is 26.8 Å². The maximum Gasteiger partial charge on any atom is 0.346 e. The van der Waals surface area contributed by atoms with E-state index in [1.807, 2.05) is 6.92 Å². The summed E-state index contributed by atoms with van der Waals surface area (Å²) < 4.78 is 37.7. The largest absolute Gasteiger partial charge is 0.386 e. The Kier molecular flexibility index (Phi) is 3.69. The van der Waals surface area contributed by atoms with Crippen LogP contribution in [0.5, 0.6) is 0 Å². The van der Waals surface area contributed by atoms with Gasteiger partial charge in [-0.25, -0.2) is 9.59 Å². The number of carbonyl (C=O) groups is 2. The number of carbonyl (C=O) groups excluding carboxylic acids is 2. The van der Waals surface area contributed by atoms with Crippen molar-refractivity contribution >= 4 is 32.8 Å². The summed E-state index contributed by atoms with van der Waals surface area (Å²) in [6.45, 7) is 1.96. The van der Waals surface area contributed by atoms with Crippen LogP contribution >= 0.6 is 0 Å². The Hall–Kier alpha value is -2.25. The average molecular weight is 334 g/mol. The molecular weight excluding hydrogens is 320 g/mol. The zero-order chi connectivity index (χ0) is 16.8. The maximum absolute atomic E-state index is 12.2. The third-order valence-electron chi connectivity index (χ3n) is 3.89. The van der Waals surface area contributed by atoms with E-state index in [0.29, 0.717) is 12.0 Å². The number of unbranched alkanes of at least 4 members (excludes halogenated alkanes) is 1. The van der Waals surface area contributed by atoms with Crippen LogP contribution in [0.1, 0.15) is 46.0 Å². The monoisotopic (exact) mass is 334 g/mol. The van der Waals surface area contributed by atoms with E-state index in [1.165, 1.54) is 24.3 Å². The molecule has 0 amide bonds. The van der Waals surface area contributed by atoms with E-state index < -0.39 is 22.1 Å². The lowest BCUT2D eigenvalue weighted by Gasteiger charge is -2.20. The molecule has 0 saturated heterocycles. The van der Waals surface area contributed by atoms with Gasteiger partial charge < -0.3 is 4.74 Å². The van der Waals surface area contributed by atoms with Gasteiger partial charge in [-0.15, -0.1) is 0 Å². The molecule has 1 N–H and O–H groups in total. The van der Waals surface area contributed by atoms with Crippen LogP contribution in [0.4, 0.5) is 0 Å². The average Bonchev–Trinajstić information content (AvgIpc) is 2.48. The molecule has 0 aromatic heterocycles. The zero-order valence-corrected chi connectivity index (χ0v) is 13.1. The van der Waals surface area contributed by atoms with E-state index in [1.54, 1.807) is 0 Å². The molecule has 0 atom stereocenters. The highest BCUT2D eigenvalue weighted by molar-refractivity contribution is 7.86. The minimum absolute atomic E-state index is 0.125. The maximum atomic E-state index is 12.2. The normalized spacial score (nSPS) is 14.2. The number of aryl methyl sites for hydroxylation is 1. The van der Waals surface area contributed by atoms with Crippen LogP contribution in [0, 0.1) is 0 Å². The number of hydrogen-bond acceptors (Lipinski definition) is 5. The van der Waals surface area contributed by atoms with Crippen LogP contribution in [-0.2, 0) is 21.3 Å². The summed E-state index contributed by atoms with van der Waals surface area (Å²) in [7, 11) is -4.49. The number of ether oxygens (including phenoxy) is 1. The van der Waals surface area contributed by atoms with Gasteiger partial charge in [0.2, 0.25) is 0 Å². The number of rotatable bonds is 4. The van der Waals surface area contributed by atoms with Crippen molar-refractivity contribution in [2.45, 2.75) is 31.1 Å². The molecule has 0 bridgehead atoms. The highest BCUT2D eigenvalue weighted by Gasteiger charge is 2.32. The first-order chi connectivity index (χ1) is 10.8. The second-order valence-corrected chi connectivity index (χ2v) is 6.78. The first-order valence-electron chi connectivity index (χ1n) is 7.17. The number of cyclic esters (lactones) is 2. The van der Waals surface area contributed by atoms with Crippen LogP contribution < -0.4 is 0 Å². The van der Waals surface area contributed by atoms with Crippen LogP contribution in [0.2, 0.25) is 0 Å². The first-order valence-corrected chi connectivity index (χ1v) is 8.61. The van der Waals surface area contributed by atoms with Gasteiger partial charge in [0.15, 0.2) is 0 Å². The van der Waals surface area contributed by atoms with Crippen LogP contribution in [0.3, 0.4) is 0 Å². The predicted octanol–water partition coefficient (Wildman–Crippen LogP) is 2.74. The summed E-state index contributed by atoms with van der Waals surface area (Å²) in [5, 5.41) is 0.375. The third kappa shape index (κ3) is 2.51. The summed E-state index contributed by atoms with van der Waals surface area (Å²) in [6.07, 6.45) is 2.02. The minimum atomic E-state index is -4.49. The fourth-order valence-electron chi connectivity index (χ4n) is 2.87. The summed E-state index contributed by atoms with van der Waals surface area (Å²) in [5.74, 6) is -1.60. The lowest BCUT2D eigenvalue weighted by molar-refractivity contribution is 0.0390. The highest BCUT2D eigenvalue weighted by atomic mass is 32.2. The van der Waals surface area contributed by atoms with E-state index in [0.717, 1.165) is 12.8 Å². The Bertz CT molecular complexity index is 943. The number of esters is 2. The minimum Gasteiger partial charge on any atom is -0.386 e. The summed E-state index contributed by atoms with van der Waals surface area (Å²) in [6, 6.07) is 5.71. The van der Waals surface area contributed by atoms with Crippen LogP contribution in [-0.4, -0.2) is 24.9 Å². The van der Waals surface area contributed by atoms with Crippen molar-refractivity contribution < 1.29 is 27.3 Å². The Morgan fingerprint density at radius 1 is 1.17 bits per heavy atom. The van der Waals surface area contributed by atoms with Gasteiger partial charge >= 0.3 is 11.9 Å². The lowest BCUT2D eigenvalue weighted by Crippen LogP contribution is -2.22. The molecule has 23 heavy (non-hydrogen) atoms.